The van der Waals surface area contributed by atoms with Gasteiger partial charge in [-0.15, -0.1) is 0 Å². The number of carbonyl (C=O) groups excluding carboxylic acids is 2. The Morgan fingerprint density at radius 1 is 1.07 bits per heavy atom. The van der Waals surface area contributed by atoms with E-state index in [1.165, 1.54) is 7.11 Å². The van der Waals surface area contributed by atoms with Crippen LogP contribution in [0.3, 0.4) is 0 Å². The van der Waals surface area contributed by atoms with Gasteiger partial charge in [0.25, 0.3) is 11.8 Å². The molecular formula is C20H20N4O4S. The first kappa shape index (κ1) is 20.6. The summed E-state index contributed by atoms with van der Waals surface area (Å²) in [6, 6.07) is 17.5. The van der Waals surface area contributed by atoms with Gasteiger partial charge in [0, 0.05) is 5.56 Å². The lowest BCUT2D eigenvalue weighted by Gasteiger charge is -2.23. The average Bonchev–Trinajstić information content (AvgIpc) is 3.24. The fraction of sp³-hybridized carbons (Fsp3) is 0.200. The molecule has 0 bridgehead atoms. The van der Waals surface area contributed by atoms with E-state index < -0.39 is 24.0 Å². The number of hydrogen-bond acceptors (Lipinski definition) is 7. The topological polar surface area (TPSA) is 113 Å². The van der Waals surface area contributed by atoms with Crippen LogP contribution in [0.5, 0.6) is 0 Å². The fourth-order valence-corrected chi connectivity index (χ4v) is 3.38. The molecule has 9 heteroatoms. The van der Waals surface area contributed by atoms with Crippen LogP contribution in [0.25, 0.3) is 11.3 Å². The molecule has 8 nitrogen and oxygen atoms in total. The molecule has 1 heterocycles. The van der Waals surface area contributed by atoms with E-state index in [2.05, 4.69) is 24.4 Å². The zero-order valence-corrected chi connectivity index (χ0v) is 16.4. The van der Waals surface area contributed by atoms with E-state index in [0.717, 1.165) is 22.9 Å². The van der Waals surface area contributed by atoms with Gasteiger partial charge in [0.1, 0.15) is 5.69 Å². The van der Waals surface area contributed by atoms with E-state index in [9.17, 15) is 14.7 Å². The maximum atomic E-state index is 12.9. The summed E-state index contributed by atoms with van der Waals surface area (Å²) in [6.07, 6.45) is -1.28. The molecule has 0 aliphatic carbocycles. The largest absolute Gasteiger partial charge is 0.381 e. The Hall–Kier alpha value is -3.14. The molecule has 0 saturated heterocycles. The second-order valence-electron chi connectivity index (χ2n) is 6.21. The van der Waals surface area contributed by atoms with Crippen LogP contribution in [-0.4, -0.2) is 44.9 Å². The quantitative estimate of drug-likeness (QED) is 0.484. The fourth-order valence-electron chi connectivity index (χ4n) is 2.81. The highest BCUT2D eigenvalue weighted by atomic mass is 32.1. The molecule has 0 spiro atoms. The third kappa shape index (κ3) is 5.23. The molecule has 3 rings (SSSR count). The highest BCUT2D eigenvalue weighted by Gasteiger charge is 2.30. The lowest BCUT2D eigenvalue weighted by atomic mass is 10.00. The lowest BCUT2D eigenvalue weighted by Crippen LogP contribution is -2.51. The van der Waals surface area contributed by atoms with Crippen molar-refractivity contribution in [1.29, 1.82) is 0 Å². The van der Waals surface area contributed by atoms with Gasteiger partial charge in [-0.3, -0.25) is 14.4 Å². The molecule has 0 aliphatic rings. The van der Waals surface area contributed by atoms with Crippen LogP contribution >= 0.6 is 11.7 Å². The minimum Gasteiger partial charge on any atom is -0.381 e. The first-order valence-corrected chi connectivity index (χ1v) is 9.57. The summed E-state index contributed by atoms with van der Waals surface area (Å²) in [5.41, 5.74) is 4.28. The second kappa shape index (κ2) is 9.87. The molecule has 150 valence electrons. The predicted octanol–water partition coefficient (Wildman–Crippen LogP) is 1.58. The van der Waals surface area contributed by atoms with Crippen LogP contribution in [0, 0.1) is 0 Å². The van der Waals surface area contributed by atoms with Gasteiger partial charge in [-0.2, -0.15) is 8.75 Å². The van der Waals surface area contributed by atoms with Gasteiger partial charge in [-0.25, -0.2) is 5.48 Å². The summed E-state index contributed by atoms with van der Waals surface area (Å²) in [6.45, 7) is 0. The lowest BCUT2D eigenvalue weighted by molar-refractivity contribution is -0.141. The first-order valence-electron chi connectivity index (χ1n) is 8.84. The van der Waals surface area contributed by atoms with Crippen LogP contribution < -0.4 is 10.8 Å². The van der Waals surface area contributed by atoms with Crippen molar-refractivity contribution in [1.82, 2.24) is 19.5 Å². The van der Waals surface area contributed by atoms with E-state index in [1.807, 2.05) is 60.7 Å². The van der Waals surface area contributed by atoms with Gasteiger partial charge in [0.15, 0.2) is 11.8 Å². The maximum Gasteiger partial charge on any atom is 0.274 e. The Bertz CT molecular complexity index is 949. The van der Waals surface area contributed by atoms with Crippen LogP contribution in [0.2, 0.25) is 0 Å². The third-order valence-electron chi connectivity index (χ3n) is 4.22. The molecule has 29 heavy (non-hydrogen) atoms. The van der Waals surface area contributed by atoms with Crippen LogP contribution in [0.4, 0.5) is 0 Å². The number of nitrogens with zero attached hydrogens (tertiary/aromatic N) is 2. The van der Waals surface area contributed by atoms with Crippen molar-refractivity contribution >= 4 is 23.5 Å². The standard InChI is InChI=1S/C20H20N4O4S/c1-28-22-20(27)18(25)15(12-13-8-4-2-5-9-13)21-19(26)17-16(23-29-24-17)14-10-6-3-7-11-14/h2-11,15,18,25H,12H2,1H3,(H,21,26)(H,22,27). The van der Waals surface area contributed by atoms with E-state index in [0.29, 0.717) is 5.69 Å². The highest BCUT2D eigenvalue weighted by Crippen LogP contribution is 2.21. The molecule has 0 radical (unpaired) electrons. The molecule has 2 amide bonds. The molecule has 2 unspecified atom stereocenters. The number of aliphatic hydroxyl groups is 1. The van der Waals surface area contributed by atoms with Crippen molar-refractivity contribution < 1.29 is 19.5 Å². The van der Waals surface area contributed by atoms with Crippen molar-refractivity contribution in [2.24, 2.45) is 0 Å². The minimum atomic E-state index is -1.52. The summed E-state index contributed by atoms with van der Waals surface area (Å²) in [5, 5.41) is 13.2. The monoisotopic (exact) mass is 412 g/mol. The number of rotatable bonds is 8. The highest BCUT2D eigenvalue weighted by molar-refractivity contribution is 6.99. The van der Waals surface area contributed by atoms with Crippen molar-refractivity contribution in [3.05, 3.63) is 71.9 Å². The molecular weight excluding hydrogens is 392 g/mol. The van der Waals surface area contributed by atoms with Crippen LogP contribution in [-0.2, 0) is 16.1 Å². The van der Waals surface area contributed by atoms with Crippen molar-refractivity contribution in [2.75, 3.05) is 7.11 Å². The van der Waals surface area contributed by atoms with Crippen LogP contribution in [0.1, 0.15) is 16.1 Å². The molecule has 2 aromatic carbocycles. The van der Waals surface area contributed by atoms with Crippen molar-refractivity contribution in [3.63, 3.8) is 0 Å². The number of aliphatic hydroxyl groups excluding tert-OH is 1. The van der Waals surface area contributed by atoms with Crippen LogP contribution in [0.15, 0.2) is 60.7 Å². The minimum absolute atomic E-state index is 0.138. The van der Waals surface area contributed by atoms with Gasteiger partial charge < -0.3 is 10.4 Å². The third-order valence-corrected chi connectivity index (χ3v) is 4.75. The summed E-state index contributed by atoms with van der Waals surface area (Å²) >= 11 is 0.921. The molecule has 2 atom stereocenters. The zero-order chi connectivity index (χ0) is 20.6. The first-order chi connectivity index (χ1) is 14.1. The SMILES string of the molecule is CONC(=O)C(O)C(Cc1ccccc1)NC(=O)c1nsnc1-c1ccccc1. The Morgan fingerprint density at radius 3 is 2.38 bits per heavy atom. The molecule has 3 aromatic rings. The van der Waals surface area contributed by atoms with Gasteiger partial charge >= 0.3 is 0 Å². The van der Waals surface area contributed by atoms with Gasteiger partial charge in [0.2, 0.25) is 0 Å². The zero-order valence-electron chi connectivity index (χ0n) is 15.6. The Kier molecular flexibility index (Phi) is 7.01. The number of benzene rings is 2. The van der Waals surface area contributed by atoms with Crippen molar-refractivity contribution in [2.45, 2.75) is 18.6 Å². The normalized spacial score (nSPS) is 12.8. The summed E-state index contributed by atoms with van der Waals surface area (Å²) in [7, 11) is 1.27. The molecule has 1 aromatic heterocycles. The number of hydroxylamine groups is 1. The van der Waals surface area contributed by atoms with E-state index in [4.69, 9.17) is 0 Å². The molecule has 0 saturated carbocycles. The van der Waals surface area contributed by atoms with Crippen molar-refractivity contribution in [3.8, 4) is 11.3 Å². The Labute approximate surface area is 171 Å². The van der Waals surface area contributed by atoms with Gasteiger partial charge in [-0.1, -0.05) is 60.7 Å². The second-order valence-corrected chi connectivity index (χ2v) is 6.74. The number of nitrogens with one attached hydrogen (secondary N) is 2. The predicted molar refractivity (Wildman–Crippen MR) is 108 cm³/mol. The molecule has 0 aliphatic heterocycles. The smallest absolute Gasteiger partial charge is 0.274 e. The number of aromatic nitrogens is 2. The van der Waals surface area contributed by atoms with E-state index >= 15 is 0 Å². The Morgan fingerprint density at radius 2 is 1.72 bits per heavy atom. The number of hydrogen-bond donors (Lipinski definition) is 3. The van der Waals surface area contributed by atoms with Gasteiger partial charge in [-0.05, 0) is 12.0 Å². The Balaban J connectivity index is 1.83. The van der Waals surface area contributed by atoms with E-state index in [-0.39, 0.29) is 12.1 Å². The summed E-state index contributed by atoms with van der Waals surface area (Å²) < 4.78 is 8.32. The summed E-state index contributed by atoms with van der Waals surface area (Å²) in [5.74, 6) is -1.28. The molecule has 3 N–H and O–H groups in total. The number of amides is 2. The molecule has 0 fully saturated rings. The maximum absolute atomic E-state index is 12.9. The number of carbonyl (C=O) groups is 2. The van der Waals surface area contributed by atoms with E-state index in [1.54, 1.807) is 0 Å². The summed E-state index contributed by atoms with van der Waals surface area (Å²) in [4.78, 5) is 29.6. The average molecular weight is 412 g/mol. The van der Waals surface area contributed by atoms with Gasteiger partial charge in [0.05, 0.1) is 24.9 Å².